The van der Waals surface area contributed by atoms with Crippen molar-refractivity contribution in [1.29, 1.82) is 0 Å². The van der Waals surface area contributed by atoms with Crippen molar-refractivity contribution in [2.45, 2.75) is 18.8 Å². The molecule has 0 radical (unpaired) electrons. The molecule has 0 saturated heterocycles. The number of hydrogen-bond acceptors (Lipinski definition) is 3. The number of ether oxygens (including phenoxy) is 1. The van der Waals surface area contributed by atoms with Crippen LogP contribution in [0.25, 0.3) is 0 Å². The first-order valence-electron chi connectivity index (χ1n) is 5.39. The summed E-state index contributed by atoms with van der Waals surface area (Å²) in [5.74, 6) is -0.452. The van der Waals surface area contributed by atoms with E-state index in [1.807, 2.05) is 0 Å². The molecule has 8 heteroatoms. The molecule has 0 aliphatic heterocycles. The molecule has 108 valence electrons. The first kappa shape index (κ1) is 15.6. The third-order valence-corrected chi connectivity index (χ3v) is 2.27. The van der Waals surface area contributed by atoms with Gasteiger partial charge in [-0.05, 0) is 6.07 Å². The van der Waals surface area contributed by atoms with Crippen LogP contribution < -0.4 is 15.8 Å². The summed E-state index contributed by atoms with van der Waals surface area (Å²) in [5.41, 5.74) is 5.47. The van der Waals surface area contributed by atoms with Crippen LogP contribution >= 0.6 is 0 Å². The van der Waals surface area contributed by atoms with Gasteiger partial charge in [0.05, 0.1) is 6.54 Å². The lowest BCUT2D eigenvalue weighted by atomic mass is 10.1. The lowest BCUT2D eigenvalue weighted by molar-refractivity contribution is -0.275. The highest BCUT2D eigenvalue weighted by Crippen LogP contribution is 2.29. The smallest absolute Gasteiger partial charge is 0.405 e. The van der Waals surface area contributed by atoms with Gasteiger partial charge in [-0.2, -0.15) is 0 Å². The van der Waals surface area contributed by atoms with Crippen LogP contribution in [0.2, 0.25) is 0 Å². The Bertz CT molecular complexity index is 397. The van der Waals surface area contributed by atoms with Crippen molar-refractivity contribution in [2.75, 3.05) is 13.1 Å². The molecule has 19 heavy (non-hydrogen) atoms. The molecule has 0 saturated carbocycles. The fourth-order valence-corrected chi connectivity index (χ4v) is 1.54. The maximum atomic E-state index is 12.2. The minimum absolute atomic E-state index is 0.0861. The Balaban J connectivity index is 2.90. The zero-order chi connectivity index (χ0) is 14.5. The average Bonchev–Trinajstić information content (AvgIpc) is 2.29. The number of hydrogen-bond donors (Lipinski definition) is 2. The van der Waals surface area contributed by atoms with E-state index in [9.17, 15) is 22.0 Å². The standard InChI is InChI=1S/C11H13F5N2O/c12-10(13)6-18-8(5-17)7-3-1-2-4-9(7)19-11(14,15)16/h1-4,8,10,18H,5-6,17H2. The van der Waals surface area contributed by atoms with E-state index >= 15 is 0 Å². The quantitative estimate of drug-likeness (QED) is 0.789. The third kappa shape index (κ3) is 5.39. The van der Waals surface area contributed by atoms with Crippen LogP contribution in [-0.4, -0.2) is 25.9 Å². The summed E-state index contributed by atoms with van der Waals surface area (Å²) in [5, 5.41) is 2.39. The molecular formula is C11H13F5N2O. The van der Waals surface area contributed by atoms with Gasteiger partial charge in [0.15, 0.2) is 0 Å². The van der Waals surface area contributed by atoms with E-state index in [-0.39, 0.29) is 12.1 Å². The van der Waals surface area contributed by atoms with Crippen LogP contribution in [0.15, 0.2) is 24.3 Å². The van der Waals surface area contributed by atoms with Crippen LogP contribution in [0.5, 0.6) is 5.75 Å². The molecule has 1 aromatic carbocycles. The second-order valence-electron chi connectivity index (χ2n) is 3.67. The van der Waals surface area contributed by atoms with Gasteiger partial charge in [0.2, 0.25) is 0 Å². The molecule has 0 aromatic heterocycles. The minimum atomic E-state index is -4.85. The Morgan fingerprint density at radius 3 is 2.37 bits per heavy atom. The van der Waals surface area contributed by atoms with Gasteiger partial charge in [0, 0.05) is 18.2 Å². The molecule has 0 aliphatic carbocycles. The highest BCUT2D eigenvalue weighted by atomic mass is 19.4. The number of rotatable bonds is 6. The fraction of sp³-hybridized carbons (Fsp3) is 0.455. The molecule has 1 aromatic rings. The minimum Gasteiger partial charge on any atom is -0.405 e. The summed E-state index contributed by atoms with van der Waals surface area (Å²) in [7, 11) is 0. The fourth-order valence-electron chi connectivity index (χ4n) is 1.54. The Kier molecular flexibility index (Phi) is 5.49. The van der Waals surface area contributed by atoms with Gasteiger partial charge >= 0.3 is 6.36 Å². The summed E-state index contributed by atoms with van der Waals surface area (Å²) in [6.45, 7) is -0.798. The molecule has 0 bridgehead atoms. The summed E-state index contributed by atoms with van der Waals surface area (Å²) in [6, 6.07) is 4.44. The summed E-state index contributed by atoms with van der Waals surface area (Å²) in [6.07, 6.45) is -7.47. The maximum Gasteiger partial charge on any atom is 0.573 e. The Morgan fingerprint density at radius 2 is 1.84 bits per heavy atom. The summed E-state index contributed by atoms with van der Waals surface area (Å²) < 4.78 is 64.7. The zero-order valence-corrected chi connectivity index (χ0v) is 9.75. The van der Waals surface area contributed by atoms with Crippen molar-refractivity contribution >= 4 is 0 Å². The molecule has 3 nitrogen and oxygen atoms in total. The summed E-state index contributed by atoms with van der Waals surface area (Å²) >= 11 is 0. The molecule has 0 spiro atoms. The van der Waals surface area contributed by atoms with Crippen LogP contribution in [0.4, 0.5) is 22.0 Å². The molecular weight excluding hydrogens is 271 g/mol. The van der Waals surface area contributed by atoms with Gasteiger partial charge in [0.1, 0.15) is 5.75 Å². The Morgan fingerprint density at radius 1 is 1.21 bits per heavy atom. The Hall–Kier alpha value is -1.41. The zero-order valence-electron chi connectivity index (χ0n) is 9.75. The normalized spacial score (nSPS) is 13.6. The monoisotopic (exact) mass is 284 g/mol. The maximum absolute atomic E-state index is 12.2. The van der Waals surface area contributed by atoms with Crippen molar-refractivity contribution in [3.63, 3.8) is 0 Å². The van der Waals surface area contributed by atoms with E-state index < -0.39 is 31.1 Å². The SMILES string of the molecule is NCC(NCC(F)F)c1ccccc1OC(F)(F)F. The first-order chi connectivity index (χ1) is 8.83. The van der Waals surface area contributed by atoms with E-state index in [1.54, 1.807) is 0 Å². The lowest BCUT2D eigenvalue weighted by Crippen LogP contribution is -2.32. The highest BCUT2D eigenvalue weighted by molar-refractivity contribution is 5.36. The van der Waals surface area contributed by atoms with Crippen molar-refractivity contribution in [1.82, 2.24) is 5.32 Å². The molecule has 1 unspecified atom stereocenters. The van der Waals surface area contributed by atoms with Crippen molar-refractivity contribution in [3.8, 4) is 5.75 Å². The highest BCUT2D eigenvalue weighted by Gasteiger charge is 2.32. The molecule has 0 heterocycles. The van der Waals surface area contributed by atoms with E-state index in [2.05, 4.69) is 10.1 Å². The molecule has 1 atom stereocenters. The van der Waals surface area contributed by atoms with Crippen molar-refractivity contribution in [3.05, 3.63) is 29.8 Å². The van der Waals surface area contributed by atoms with Crippen LogP contribution in [0.3, 0.4) is 0 Å². The van der Waals surface area contributed by atoms with Gasteiger partial charge < -0.3 is 15.8 Å². The third-order valence-electron chi connectivity index (χ3n) is 2.27. The Labute approximate surface area is 106 Å². The number of para-hydroxylation sites is 1. The molecule has 0 amide bonds. The number of alkyl halides is 5. The van der Waals surface area contributed by atoms with E-state index in [1.165, 1.54) is 18.2 Å². The van der Waals surface area contributed by atoms with Gasteiger partial charge in [0.25, 0.3) is 6.43 Å². The second-order valence-corrected chi connectivity index (χ2v) is 3.67. The van der Waals surface area contributed by atoms with Crippen molar-refractivity contribution in [2.24, 2.45) is 5.73 Å². The summed E-state index contributed by atoms with van der Waals surface area (Å²) in [4.78, 5) is 0. The molecule has 3 N–H and O–H groups in total. The van der Waals surface area contributed by atoms with E-state index in [0.717, 1.165) is 6.07 Å². The number of halogens is 5. The molecule has 0 aliphatic rings. The van der Waals surface area contributed by atoms with Gasteiger partial charge in [-0.1, -0.05) is 18.2 Å². The number of benzene rings is 1. The predicted molar refractivity (Wildman–Crippen MR) is 58.9 cm³/mol. The lowest BCUT2D eigenvalue weighted by Gasteiger charge is -2.21. The van der Waals surface area contributed by atoms with E-state index in [0.29, 0.717) is 0 Å². The van der Waals surface area contributed by atoms with Gasteiger partial charge in [-0.15, -0.1) is 13.2 Å². The van der Waals surface area contributed by atoms with Crippen LogP contribution in [0.1, 0.15) is 11.6 Å². The van der Waals surface area contributed by atoms with Gasteiger partial charge in [-0.3, -0.25) is 0 Å². The average molecular weight is 284 g/mol. The molecule has 1 rings (SSSR count). The second kappa shape index (κ2) is 6.67. The van der Waals surface area contributed by atoms with Crippen LogP contribution in [0, 0.1) is 0 Å². The first-order valence-corrected chi connectivity index (χ1v) is 5.39. The number of nitrogens with one attached hydrogen (secondary N) is 1. The molecule has 0 fully saturated rings. The predicted octanol–water partition coefficient (Wildman–Crippen LogP) is 2.44. The van der Waals surface area contributed by atoms with Crippen LogP contribution in [-0.2, 0) is 0 Å². The van der Waals surface area contributed by atoms with Crippen molar-refractivity contribution < 1.29 is 26.7 Å². The van der Waals surface area contributed by atoms with Gasteiger partial charge in [-0.25, -0.2) is 8.78 Å². The largest absolute Gasteiger partial charge is 0.573 e. The van der Waals surface area contributed by atoms with E-state index in [4.69, 9.17) is 5.73 Å². The topological polar surface area (TPSA) is 47.3 Å². The number of nitrogens with two attached hydrogens (primary N) is 1.